The standard InChI is InChI=1S/C15H13FN2/c1-18-10-14-6-5-13(8-15(14)16)12-4-2-3-11(7-12)9-17/h2-8,18H,10H2,1H3. The molecule has 0 spiro atoms. The van der Waals surface area contributed by atoms with Crippen molar-refractivity contribution in [3.8, 4) is 17.2 Å². The molecule has 0 aliphatic carbocycles. The van der Waals surface area contributed by atoms with Crippen LogP contribution in [0, 0.1) is 17.1 Å². The minimum absolute atomic E-state index is 0.232. The summed E-state index contributed by atoms with van der Waals surface area (Å²) in [6.45, 7) is 0.504. The molecule has 0 unspecified atom stereocenters. The first-order valence-corrected chi connectivity index (χ1v) is 5.68. The highest BCUT2D eigenvalue weighted by molar-refractivity contribution is 5.65. The van der Waals surface area contributed by atoms with Crippen LogP contribution in [0.25, 0.3) is 11.1 Å². The third-order valence-corrected chi connectivity index (χ3v) is 2.75. The molecule has 2 aromatic rings. The van der Waals surface area contributed by atoms with Crippen molar-refractivity contribution in [3.05, 3.63) is 59.4 Å². The van der Waals surface area contributed by atoms with Crippen LogP contribution in [-0.2, 0) is 6.54 Å². The highest BCUT2D eigenvalue weighted by atomic mass is 19.1. The Bertz CT molecular complexity index is 600. The molecule has 0 aliphatic heterocycles. The largest absolute Gasteiger partial charge is 0.316 e. The fraction of sp³-hybridized carbons (Fsp3) is 0.133. The molecule has 18 heavy (non-hydrogen) atoms. The predicted octanol–water partition coefficient (Wildman–Crippen LogP) is 3.08. The lowest BCUT2D eigenvalue weighted by Gasteiger charge is -2.06. The van der Waals surface area contributed by atoms with Gasteiger partial charge in [-0.05, 0) is 36.4 Å². The van der Waals surface area contributed by atoms with Crippen molar-refractivity contribution in [1.82, 2.24) is 5.32 Å². The minimum Gasteiger partial charge on any atom is -0.316 e. The molecule has 3 heteroatoms. The molecule has 0 aliphatic rings. The van der Waals surface area contributed by atoms with E-state index < -0.39 is 0 Å². The minimum atomic E-state index is -0.232. The molecular weight excluding hydrogens is 227 g/mol. The first kappa shape index (κ1) is 12.3. The Labute approximate surface area is 106 Å². The molecule has 0 bridgehead atoms. The lowest BCUT2D eigenvalue weighted by Crippen LogP contribution is -2.06. The van der Waals surface area contributed by atoms with Crippen LogP contribution in [0.4, 0.5) is 4.39 Å². The first-order valence-electron chi connectivity index (χ1n) is 5.68. The molecule has 0 radical (unpaired) electrons. The van der Waals surface area contributed by atoms with Gasteiger partial charge in [-0.25, -0.2) is 4.39 Å². The number of nitrogens with one attached hydrogen (secondary N) is 1. The maximum Gasteiger partial charge on any atom is 0.128 e. The number of hydrogen-bond acceptors (Lipinski definition) is 2. The van der Waals surface area contributed by atoms with Crippen LogP contribution in [0.5, 0.6) is 0 Å². The second kappa shape index (κ2) is 5.44. The fourth-order valence-corrected chi connectivity index (χ4v) is 1.83. The summed E-state index contributed by atoms with van der Waals surface area (Å²) in [6, 6.07) is 14.4. The molecule has 0 amide bonds. The quantitative estimate of drug-likeness (QED) is 0.894. The summed E-state index contributed by atoms with van der Waals surface area (Å²) in [5, 5.41) is 11.8. The summed E-state index contributed by atoms with van der Waals surface area (Å²) >= 11 is 0. The van der Waals surface area contributed by atoms with Gasteiger partial charge < -0.3 is 5.32 Å². The van der Waals surface area contributed by atoms with E-state index in [0.717, 1.165) is 11.1 Å². The van der Waals surface area contributed by atoms with Crippen LogP contribution in [-0.4, -0.2) is 7.05 Å². The van der Waals surface area contributed by atoms with Crippen molar-refractivity contribution in [2.45, 2.75) is 6.54 Å². The molecule has 2 aromatic carbocycles. The van der Waals surface area contributed by atoms with E-state index in [9.17, 15) is 4.39 Å². The molecule has 0 atom stereocenters. The highest BCUT2D eigenvalue weighted by Gasteiger charge is 2.05. The molecule has 2 nitrogen and oxygen atoms in total. The normalized spacial score (nSPS) is 10.1. The van der Waals surface area contributed by atoms with E-state index in [-0.39, 0.29) is 5.82 Å². The Balaban J connectivity index is 2.39. The van der Waals surface area contributed by atoms with Gasteiger partial charge in [0.1, 0.15) is 5.82 Å². The number of nitrogens with zero attached hydrogens (tertiary/aromatic N) is 1. The molecule has 0 saturated heterocycles. The summed E-state index contributed by atoms with van der Waals surface area (Å²) in [5.41, 5.74) is 2.85. The van der Waals surface area contributed by atoms with E-state index in [4.69, 9.17) is 5.26 Å². The monoisotopic (exact) mass is 240 g/mol. The fourth-order valence-electron chi connectivity index (χ4n) is 1.83. The SMILES string of the molecule is CNCc1ccc(-c2cccc(C#N)c2)cc1F. The van der Waals surface area contributed by atoms with Crippen molar-refractivity contribution < 1.29 is 4.39 Å². The number of halogens is 1. The smallest absolute Gasteiger partial charge is 0.128 e. The Morgan fingerprint density at radius 3 is 2.61 bits per heavy atom. The Morgan fingerprint density at radius 2 is 1.94 bits per heavy atom. The third-order valence-electron chi connectivity index (χ3n) is 2.75. The molecule has 0 fully saturated rings. The van der Waals surface area contributed by atoms with Crippen LogP contribution in [0.3, 0.4) is 0 Å². The molecule has 90 valence electrons. The zero-order valence-electron chi connectivity index (χ0n) is 10.1. The molecule has 0 aromatic heterocycles. The maximum atomic E-state index is 13.8. The van der Waals surface area contributed by atoms with Crippen LogP contribution in [0.15, 0.2) is 42.5 Å². The van der Waals surface area contributed by atoms with Gasteiger partial charge in [0.2, 0.25) is 0 Å². The van der Waals surface area contributed by atoms with E-state index >= 15 is 0 Å². The van der Waals surface area contributed by atoms with Gasteiger partial charge >= 0.3 is 0 Å². The first-order chi connectivity index (χ1) is 8.74. The zero-order valence-corrected chi connectivity index (χ0v) is 10.1. The van der Waals surface area contributed by atoms with Crippen LogP contribution < -0.4 is 5.32 Å². The Hall–Kier alpha value is -2.18. The van der Waals surface area contributed by atoms with Gasteiger partial charge in [0.05, 0.1) is 11.6 Å². The summed E-state index contributed by atoms with van der Waals surface area (Å²) in [6.07, 6.45) is 0. The molecule has 1 N–H and O–H groups in total. The summed E-state index contributed by atoms with van der Waals surface area (Å²) in [7, 11) is 1.78. The number of nitriles is 1. The zero-order chi connectivity index (χ0) is 13.0. The maximum absolute atomic E-state index is 13.8. The van der Waals surface area contributed by atoms with Crippen LogP contribution >= 0.6 is 0 Å². The summed E-state index contributed by atoms with van der Waals surface area (Å²) in [5.74, 6) is -0.232. The predicted molar refractivity (Wildman–Crippen MR) is 69.3 cm³/mol. The van der Waals surface area contributed by atoms with E-state index in [0.29, 0.717) is 17.7 Å². The van der Waals surface area contributed by atoms with Gasteiger partial charge in [-0.2, -0.15) is 5.26 Å². The molecule has 0 saturated carbocycles. The lowest BCUT2D eigenvalue weighted by atomic mass is 10.0. The van der Waals surface area contributed by atoms with E-state index in [1.807, 2.05) is 12.1 Å². The van der Waals surface area contributed by atoms with Gasteiger partial charge in [0.25, 0.3) is 0 Å². The van der Waals surface area contributed by atoms with Gasteiger partial charge in [-0.3, -0.25) is 0 Å². The summed E-state index contributed by atoms with van der Waals surface area (Å²) in [4.78, 5) is 0. The molecular formula is C15H13FN2. The second-order valence-electron chi connectivity index (χ2n) is 4.03. The average Bonchev–Trinajstić information content (AvgIpc) is 2.41. The van der Waals surface area contributed by atoms with E-state index in [1.165, 1.54) is 6.07 Å². The van der Waals surface area contributed by atoms with E-state index in [1.54, 1.807) is 31.3 Å². The Morgan fingerprint density at radius 1 is 1.17 bits per heavy atom. The molecule has 2 rings (SSSR count). The van der Waals surface area contributed by atoms with Gasteiger partial charge in [0, 0.05) is 12.1 Å². The average molecular weight is 240 g/mol. The summed E-state index contributed by atoms with van der Waals surface area (Å²) < 4.78 is 13.8. The van der Waals surface area contributed by atoms with Gasteiger partial charge in [0.15, 0.2) is 0 Å². The number of hydrogen-bond donors (Lipinski definition) is 1. The van der Waals surface area contributed by atoms with Gasteiger partial charge in [-0.1, -0.05) is 24.3 Å². The number of benzene rings is 2. The van der Waals surface area contributed by atoms with Crippen LogP contribution in [0.2, 0.25) is 0 Å². The van der Waals surface area contributed by atoms with Crippen LogP contribution in [0.1, 0.15) is 11.1 Å². The highest BCUT2D eigenvalue weighted by Crippen LogP contribution is 2.22. The van der Waals surface area contributed by atoms with Crippen molar-refractivity contribution >= 4 is 0 Å². The van der Waals surface area contributed by atoms with Crippen molar-refractivity contribution in [2.24, 2.45) is 0 Å². The van der Waals surface area contributed by atoms with Gasteiger partial charge in [-0.15, -0.1) is 0 Å². The van der Waals surface area contributed by atoms with E-state index in [2.05, 4.69) is 11.4 Å². The van der Waals surface area contributed by atoms with Crippen molar-refractivity contribution in [1.29, 1.82) is 5.26 Å². The third kappa shape index (κ3) is 2.55. The molecule has 0 heterocycles. The second-order valence-corrected chi connectivity index (χ2v) is 4.03. The van der Waals surface area contributed by atoms with Crippen molar-refractivity contribution in [3.63, 3.8) is 0 Å². The number of rotatable bonds is 3. The van der Waals surface area contributed by atoms with Crippen molar-refractivity contribution in [2.75, 3.05) is 7.05 Å². The Kier molecular flexibility index (Phi) is 3.71. The lowest BCUT2D eigenvalue weighted by molar-refractivity contribution is 0.601. The topological polar surface area (TPSA) is 35.8 Å².